The fourth-order valence-corrected chi connectivity index (χ4v) is 1.23. The van der Waals surface area contributed by atoms with E-state index in [2.05, 4.69) is 5.32 Å². The summed E-state index contributed by atoms with van der Waals surface area (Å²) in [6.07, 6.45) is 0. The molecular formula is C12H23NO3. The van der Waals surface area contributed by atoms with Crippen LogP contribution < -0.4 is 5.32 Å². The highest BCUT2D eigenvalue weighted by Gasteiger charge is 2.33. The second kappa shape index (κ2) is 5.32. The Bertz CT molecular complexity index is 266. The molecule has 4 heteroatoms. The first kappa shape index (κ1) is 14.9. The molecule has 0 aliphatic carbocycles. The van der Waals surface area contributed by atoms with Crippen LogP contribution >= 0.6 is 0 Å². The average molecular weight is 229 g/mol. The Hall–Kier alpha value is -1.06. The van der Waals surface area contributed by atoms with Crippen LogP contribution in [-0.4, -0.2) is 23.0 Å². The molecule has 0 heterocycles. The van der Waals surface area contributed by atoms with Crippen molar-refractivity contribution < 1.29 is 14.7 Å². The second-order valence-corrected chi connectivity index (χ2v) is 5.68. The van der Waals surface area contributed by atoms with Gasteiger partial charge in [0.05, 0.1) is 0 Å². The molecule has 0 aliphatic rings. The summed E-state index contributed by atoms with van der Waals surface area (Å²) in [5.41, 5.74) is -0.488. The van der Waals surface area contributed by atoms with Crippen molar-refractivity contribution in [3.63, 3.8) is 0 Å². The maximum absolute atomic E-state index is 11.8. The first-order valence-electron chi connectivity index (χ1n) is 5.60. The molecule has 0 spiro atoms. The third-order valence-electron chi connectivity index (χ3n) is 2.81. The molecular weight excluding hydrogens is 206 g/mol. The van der Waals surface area contributed by atoms with E-state index in [4.69, 9.17) is 5.11 Å². The Balaban J connectivity index is 4.67. The van der Waals surface area contributed by atoms with Crippen LogP contribution in [0.2, 0.25) is 0 Å². The molecule has 2 N–H and O–H groups in total. The van der Waals surface area contributed by atoms with E-state index in [1.165, 1.54) is 0 Å². The van der Waals surface area contributed by atoms with Gasteiger partial charge in [-0.2, -0.15) is 0 Å². The Labute approximate surface area is 97.4 Å². The zero-order valence-corrected chi connectivity index (χ0v) is 11.0. The highest BCUT2D eigenvalue weighted by Crippen LogP contribution is 2.20. The minimum absolute atomic E-state index is 0.177. The first-order valence-corrected chi connectivity index (χ1v) is 5.60. The van der Waals surface area contributed by atoms with Gasteiger partial charge in [-0.3, -0.25) is 4.79 Å². The molecule has 1 unspecified atom stereocenters. The fourth-order valence-electron chi connectivity index (χ4n) is 1.23. The van der Waals surface area contributed by atoms with Gasteiger partial charge in [-0.25, -0.2) is 4.79 Å². The molecule has 2 atom stereocenters. The standard InChI is InChI=1S/C12H23NO3/c1-7(2)8(3)10(14)13-9(11(15)16)12(4,5)6/h7-9H,1-6H3,(H,13,14)(H,15,16)/t8?,9-/m1/s1. The Morgan fingerprint density at radius 2 is 1.56 bits per heavy atom. The molecule has 4 nitrogen and oxygen atoms in total. The lowest BCUT2D eigenvalue weighted by Gasteiger charge is -2.29. The van der Waals surface area contributed by atoms with Gasteiger partial charge in [0.1, 0.15) is 6.04 Å². The molecule has 0 saturated carbocycles. The van der Waals surface area contributed by atoms with E-state index in [9.17, 15) is 9.59 Å². The number of hydrogen-bond donors (Lipinski definition) is 2. The summed E-state index contributed by atoms with van der Waals surface area (Å²) in [5.74, 6) is -1.16. The second-order valence-electron chi connectivity index (χ2n) is 5.68. The van der Waals surface area contributed by atoms with Gasteiger partial charge in [0, 0.05) is 5.92 Å². The van der Waals surface area contributed by atoms with Crippen LogP contribution in [-0.2, 0) is 9.59 Å². The Morgan fingerprint density at radius 3 is 1.81 bits per heavy atom. The van der Waals surface area contributed by atoms with Crippen molar-refractivity contribution >= 4 is 11.9 Å². The minimum Gasteiger partial charge on any atom is -0.480 e. The monoisotopic (exact) mass is 229 g/mol. The number of hydrogen-bond acceptors (Lipinski definition) is 2. The van der Waals surface area contributed by atoms with Crippen molar-refractivity contribution in [3.8, 4) is 0 Å². The van der Waals surface area contributed by atoms with Crippen LogP contribution in [0.15, 0.2) is 0 Å². The molecule has 1 amide bonds. The van der Waals surface area contributed by atoms with E-state index in [1.807, 2.05) is 20.8 Å². The number of nitrogens with one attached hydrogen (secondary N) is 1. The maximum atomic E-state index is 11.8. The topological polar surface area (TPSA) is 66.4 Å². The quantitative estimate of drug-likeness (QED) is 0.773. The predicted octanol–water partition coefficient (Wildman–Crippen LogP) is 1.89. The van der Waals surface area contributed by atoms with Crippen LogP contribution in [0.3, 0.4) is 0 Å². The van der Waals surface area contributed by atoms with Gasteiger partial charge in [-0.15, -0.1) is 0 Å². The summed E-state index contributed by atoms with van der Waals surface area (Å²) < 4.78 is 0. The average Bonchev–Trinajstić information content (AvgIpc) is 2.09. The van der Waals surface area contributed by atoms with E-state index < -0.39 is 17.4 Å². The van der Waals surface area contributed by atoms with E-state index in [0.717, 1.165) is 0 Å². The fraction of sp³-hybridized carbons (Fsp3) is 0.833. The molecule has 0 aliphatic heterocycles. The number of amides is 1. The number of carboxylic acid groups (broad SMARTS) is 1. The van der Waals surface area contributed by atoms with Gasteiger partial charge in [-0.1, -0.05) is 41.5 Å². The maximum Gasteiger partial charge on any atom is 0.326 e. The summed E-state index contributed by atoms with van der Waals surface area (Å²) in [5, 5.41) is 11.7. The summed E-state index contributed by atoms with van der Waals surface area (Å²) in [6.45, 7) is 11.1. The Morgan fingerprint density at radius 1 is 1.12 bits per heavy atom. The van der Waals surface area contributed by atoms with Crippen molar-refractivity contribution in [1.29, 1.82) is 0 Å². The molecule has 0 rings (SSSR count). The predicted molar refractivity (Wildman–Crippen MR) is 63.0 cm³/mol. The third-order valence-corrected chi connectivity index (χ3v) is 2.81. The molecule has 16 heavy (non-hydrogen) atoms. The highest BCUT2D eigenvalue weighted by molar-refractivity contribution is 5.85. The lowest BCUT2D eigenvalue weighted by atomic mass is 9.86. The molecule has 0 radical (unpaired) electrons. The van der Waals surface area contributed by atoms with E-state index in [-0.39, 0.29) is 17.7 Å². The number of aliphatic carboxylic acids is 1. The SMILES string of the molecule is CC(C)C(C)C(=O)N[C@H](C(=O)O)C(C)(C)C. The van der Waals surface area contributed by atoms with Gasteiger partial charge >= 0.3 is 5.97 Å². The zero-order chi connectivity index (χ0) is 13.1. The highest BCUT2D eigenvalue weighted by atomic mass is 16.4. The lowest BCUT2D eigenvalue weighted by molar-refractivity contribution is -0.145. The van der Waals surface area contributed by atoms with E-state index >= 15 is 0 Å². The first-order chi connectivity index (χ1) is 7.07. The molecule has 0 aromatic heterocycles. The number of carbonyl (C=O) groups excluding carboxylic acids is 1. The van der Waals surface area contributed by atoms with E-state index in [1.54, 1.807) is 20.8 Å². The van der Waals surface area contributed by atoms with Gasteiger partial charge < -0.3 is 10.4 Å². The molecule has 0 aromatic rings. The molecule has 94 valence electrons. The van der Waals surface area contributed by atoms with Gasteiger partial charge in [0.15, 0.2) is 0 Å². The van der Waals surface area contributed by atoms with Crippen molar-refractivity contribution in [2.24, 2.45) is 17.3 Å². The molecule has 0 bridgehead atoms. The van der Waals surface area contributed by atoms with Crippen molar-refractivity contribution in [1.82, 2.24) is 5.32 Å². The van der Waals surface area contributed by atoms with Crippen molar-refractivity contribution in [3.05, 3.63) is 0 Å². The summed E-state index contributed by atoms with van der Waals surface area (Å²) in [6, 6.07) is -0.846. The Kier molecular flexibility index (Phi) is 4.97. The van der Waals surface area contributed by atoms with Crippen LogP contribution in [0, 0.1) is 17.3 Å². The molecule has 0 saturated heterocycles. The number of carbonyl (C=O) groups is 2. The minimum atomic E-state index is -0.989. The van der Waals surface area contributed by atoms with Crippen LogP contribution in [0.4, 0.5) is 0 Å². The lowest BCUT2D eigenvalue weighted by Crippen LogP contribution is -2.51. The number of rotatable bonds is 4. The van der Waals surface area contributed by atoms with Crippen molar-refractivity contribution in [2.45, 2.75) is 47.6 Å². The zero-order valence-electron chi connectivity index (χ0n) is 11.0. The smallest absolute Gasteiger partial charge is 0.326 e. The summed E-state index contributed by atoms with van der Waals surface area (Å²) in [4.78, 5) is 22.8. The third kappa shape index (κ3) is 4.21. The molecule has 0 fully saturated rings. The van der Waals surface area contributed by atoms with Gasteiger partial charge in [-0.05, 0) is 11.3 Å². The normalized spacial score (nSPS) is 15.7. The molecule has 0 aromatic carbocycles. The van der Waals surface area contributed by atoms with Crippen molar-refractivity contribution in [2.75, 3.05) is 0 Å². The van der Waals surface area contributed by atoms with Crippen LogP contribution in [0.5, 0.6) is 0 Å². The van der Waals surface area contributed by atoms with Gasteiger partial charge in [0.2, 0.25) is 5.91 Å². The number of carboxylic acids is 1. The largest absolute Gasteiger partial charge is 0.480 e. The summed E-state index contributed by atoms with van der Waals surface area (Å²) in [7, 11) is 0. The van der Waals surface area contributed by atoms with Crippen LogP contribution in [0.25, 0.3) is 0 Å². The van der Waals surface area contributed by atoms with Gasteiger partial charge in [0.25, 0.3) is 0 Å². The van der Waals surface area contributed by atoms with Crippen LogP contribution in [0.1, 0.15) is 41.5 Å². The summed E-state index contributed by atoms with van der Waals surface area (Å²) >= 11 is 0. The van der Waals surface area contributed by atoms with E-state index in [0.29, 0.717) is 0 Å².